The first-order chi connectivity index (χ1) is 8.62. The van der Waals surface area contributed by atoms with Gasteiger partial charge < -0.3 is 9.47 Å². The Kier molecular flexibility index (Phi) is 2.67. The number of aryl methyl sites for hydroxylation is 2. The minimum absolute atomic E-state index is 0.138. The molecule has 1 aromatic carbocycles. The van der Waals surface area contributed by atoms with Gasteiger partial charge in [-0.2, -0.15) is 0 Å². The molecule has 0 aromatic heterocycles. The molecule has 1 aliphatic carbocycles. The number of ether oxygens (including phenoxy) is 2. The highest BCUT2D eigenvalue weighted by Crippen LogP contribution is 2.49. The zero-order valence-electron chi connectivity index (χ0n) is 10.9. The van der Waals surface area contributed by atoms with Gasteiger partial charge in [0.15, 0.2) is 0 Å². The van der Waals surface area contributed by atoms with Crippen molar-refractivity contribution in [2.75, 3.05) is 0 Å². The Hall–Kier alpha value is -1.35. The number of esters is 1. The maximum absolute atomic E-state index is 12.3. The van der Waals surface area contributed by atoms with Crippen LogP contribution >= 0.6 is 0 Å². The normalized spacial score (nSPS) is 29.6. The molecule has 1 heterocycles. The molecule has 3 heteroatoms. The molecule has 18 heavy (non-hydrogen) atoms. The zero-order valence-corrected chi connectivity index (χ0v) is 10.9. The first-order valence-electron chi connectivity index (χ1n) is 6.60. The van der Waals surface area contributed by atoms with Crippen molar-refractivity contribution in [3.63, 3.8) is 0 Å². The van der Waals surface area contributed by atoms with Gasteiger partial charge in [-0.25, -0.2) is 4.79 Å². The van der Waals surface area contributed by atoms with Gasteiger partial charge in [0, 0.05) is 6.42 Å². The van der Waals surface area contributed by atoms with Gasteiger partial charge >= 0.3 is 5.97 Å². The van der Waals surface area contributed by atoms with E-state index in [1.165, 1.54) is 6.42 Å². The summed E-state index contributed by atoms with van der Waals surface area (Å²) in [4.78, 5) is 12.3. The van der Waals surface area contributed by atoms with E-state index in [1.54, 1.807) is 0 Å². The molecule has 0 radical (unpaired) electrons. The van der Waals surface area contributed by atoms with Crippen molar-refractivity contribution in [2.45, 2.75) is 51.4 Å². The summed E-state index contributed by atoms with van der Waals surface area (Å²) < 4.78 is 11.2. The van der Waals surface area contributed by atoms with E-state index in [0.717, 1.165) is 30.4 Å². The smallest absolute Gasteiger partial charge is 0.341 e. The van der Waals surface area contributed by atoms with E-state index in [0.29, 0.717) is 5.56 Å². The van der Waals surface area contributed by atoms with E-state index in [2.05, 4.69) is 0 Å². The quantitative estimate of drug-likeness (QED) is 0.594. The predicted octanol–water partition coefficient (Wildman–Crippen LogP) is 3.13. The van der Waals surface area contributed by atoms with Gasteiger partial charge in [0.25, 0.3) is 0 Å². The van der Waals surface area contributed by atoms with Crippen molar-refractivity contribution >= 4 is 5.97 Å². The molecule has 1 saturated heterocycles. The predicted molar refractivity (Wildman–Crippen MR) is 67.4 cm³/mol. The van der Waals surface area contributed by atoms with Crippen LogP contribution in [0.3, 0.4) is 0 Å². The Balaban J connectivity index is 1.80. The SMILES string of the molecule is Cc1cccc(C)c1C(=O)O[C@]12CCCC[C@H]1O2. The lowest BCUT2D eigenvalue weighted by molar-refractivity contribution is -0.0246. The van der Waals surface area contributed by atoms with Crippen LogP contribution in [0.2, 0.25) is 0 Å². The third-order valence-corrected chi connectivity index (χ3v) is 3.97. The summed E-state index contributed by atoms with van der Waals surface area (Å²) in [5.74, 6) is -0.834. The van der Waals surface area contributed by atoms with Crippen LogP contribution in [0, 0.1) is 13.8 Å². The molecule has 0 N–H and O–H groups in total. The van der Waals surface area contributed by atoms with Crippen molar-refractivity contribution < 1.29 is 14.3 Å². The molecule has 3 rings (SSSR count). The molecule has 2 atom stereocenters. The van der Waals surface area contributed by atoms with Crippen molar-refractivity contribution in [1.82, 2.24) is 0 Å². The second-order valence-electron chi connectivity index (χ2n) is 5.32. The summed E-state index contributed by atoms with van der Waals surface area (Å²) in [6.45, 7) is 3.88. The second-order valence-corrected chi connectivity index (χ2v) is 5.32. The van der Waals surface area contributed by atoms with Gasteiger partial charge in [0.1, 0.15) is 6.10 Å². The summed E-state index contributed by atoms with van der Waals surface area (Å²) in [6, 6.07) is 5.83. The summed E-state index contributed by atoms with van der Waals surface area (Å²) in [6.07, 6.45) is 4.25. The highest BCUT2D eigenvalue weighted by atomic mass is 16.8. The monoisotopic (exact) mass is 246 g/mol. The molecule has 1 aliphatic heterocycles. The number of benzene rings is 1. The van der Waals surface area contributed by atoms with Crippen molar-refractivity contribution in [1.29, 1.82) is 0 Å². The zero-order chi connectivity index (χ0) is 12.8. The summed E-state index contributed by atoms with van der Waals surface area (Å²) >= 11 is 0. The van der Waals surface area contributed by atoms with E-state index in [-0.39, 0.29) is 12.1 Å². The van der Waals surface area contributed by atoms with Gasteiger partial charge in [-0.1, -0.05) is 24.6 Å². The fraction of sp³-hybridized carbons (Fsp3) is 0.533. The molecule has 0 bridgehead atoms. The van der Waals surface area contributed by atoms with Crippen LogP contribution in [-0.2, 0) is 9.47 Å². The number of hydrogen-bond acceptors (Lipinski definition) is 3. The Morgan fingerprint density at radius 2 is 2.06 bits per heavy atom. The lowest BCUT2D eigenvalue weighted by atomic mass is 9.97. The average molecular weight is 246 g/mol. The van der Waals surface area contributed by atoms with E-state index in [4.69, 9.17) is 9.47 Å². The Labute approximate surface area is 107 Å². The van der Waals surface area contributed by atoms with Crippen molar-refractivity contribution in [2.24, 2.45) is 0 Å². The molecule has 1 saturated carbocycles. The largest absolute Gasteiger partial charge is 0.427 e. The standard InChI is InChI=1S/C15H18O3/c1-10-6-5-7-11(2)13(10)14(16)18-15-9-4-3-8-12(15)17-15/h5-7,12H,3-4,8-9H2,1-2H3/t12-,15-/m1/s1. The molecular formula is C15H18O3. The molecule has 96 valence electrons. The van der Waals surface area contributed by atoms with Crippen LogP contribution in [0.5, 0.6) is 0 Å². The molecule has 3 nitrogen and oxygen atoms in total. The van der Waals surface area contributed by atoms with Crippen LogP contribution in [-0.4, -0.2) is 17.9 Å². The average Bonchev–Trinajstić information content (AvgIpc) is 3.02. The van der Waals surface area contributed by atoms with Crippen molar-refractivity contribution in [3.05, 3.63) is 34.9 Å². The van der Waals surface area contributed by atoms with E-state index >= 15 is 0 Å². The molecule has 2 fully saturated rings. The highest BCUT2D eigenvalue weighted by molar-refractivity contribution is 5.93. The third-order valence-electron chi connectivity index (χ3n) is 3.97. The molecule has 1 aromatic rings. The summed E-state index contributed by atoms with van der Waals surface area (Å²) in [5, 5.41) is 0. The number of hydrogen-bond donors (Lipinski definition) is 0. The summed E-state index contributed by atoms with van der Waals surface area (Å²) in [5.41, 5.74) is 2.61. The van der Waals surface area contributed by atoms with Crippen molar-refractivity contribution in [3.8, 4) is 0 Å². The Bertz CT molecular complexity index is 474. The van der Waals surface area contributed by atoms with E-state index in [9.17, 15) is 4.79 Å². The van der Waals surface area contributed by atoms with Crippen LogP contribution in [0.1, 0.15) is 47.2 Å². The van der Waals surface area contributed by atoms with Gasteiger partial charge in [-0.05, 0) is 37.8 Å². The minimum atomic E-state index is -0.593. The van der Waals surface area contributed by atoms with E-state index < -0.39 is 5.79 Å². The van der Waals surface area contributed by atoms with Gasteiger partial charge in [0.05, 0.1) is 5.56 Å². The molecular weight excluding hydrogens is 228 g/mol. The highest BCUT2D eigenvalue weighted by Gasteiger charge is 2.61. The number of fused-ring (bicyclic) bond motifs is 1. The number of rotatable bonds is 2. The molecule has 2 aliphatic rings. The first-order valence-corrected chi connectivity index (χ1v) is 6.60. The minimum Gasteiger partial charge on any atom is -0.427 e. The Morgan fingerprint density at radius 3 is 2.72 bits per heavy atom. The van der Waals surface area contributed by atoms with Gasteiger partial charge in [-0.15, -0.1) is 0 Å². The number of carbonyl (C=O) groups excluding carboxylic acids is 1. The van der Waals surface area contributed by atoms with Crippen LogP contribution in [0.25, 0.3) is 0 Å². The summed E-state index contributed by atoms with van der Waals surface area (Å²) in [7, 11) is 0. The third kappa shape index (κ3) is 1.83. The Morgan fingerprint density at radius 1 is 1.33 bits per heavy atom. The van der Waals surface area contributed by atoms with Gasteiger partial charge in [-0.3, -0.25) is 0 Å². The van der Waals surface area contributed by atoms with Gasteiger partial charge in [0.2, 0.25) is 5.79 Å². The van der Waals surface area contributed by atoms with Crippen LogP contribution in [0.4, 0.5) is 0 Å². The lowest BCUT2D eigenvalue weighted by Gasteiger charge is -2.18. The maximum Gasteiger partial charge on any atom is 0.341 e. The molecule has 0 unspecified atom stereocenters. The van der Waals surface area contributed by atoms with E-state index in [1.807, 2.05) is 32.0 Å². The maximum atomic E-state index is 12.3. The topological polar surface area (TPSA) is 38.8 Å². The number of carbonyl (C=O) groups is 1. The molecule has 0 spiro atoms. The fourth-order valence-corrected chi connectivity index (χ4v) is 2.89. The fourth-order valence-electron chi connectivity index (χ4n) is 2.89. The van der Waals surface area contributed by atoms with Crippen LogP contribution in [0.15, 0.2) is 18.2 Å². The number of epoxide rings is 1. The second kappa shape index (κ2) is 4.09. The lowest BCUT2D eigenvalue weighted by Crippen LogP contribution is -2.27. The van der Waals surface area contributed by atoms with Crippen LogP contribution < -0.4 is 0 Å². The first kappa shape index (κ1) is 11.7. The molecule has 0 amide bonds.